The molecule has 2 N–H and O–H groups in total. The van der Waals surface area contributed by atoms with Gasteiger partial charge in [0.25, 0.3) is 0 Å². The normalized spacial score (nSPS) is 19.0. The minimum absolute atomic E-state index is 0.178. The monoisotopic (exact) mass is 274 g/mol. The summed E-state index contributed by atoms with van der Waals surface area (Å²) < 4.78 is 5.60. The molecule has 2 heterocycles. The van der Waals surface area contributed by atoms with E-state index in [4.69, 9.17) is 4.74 Å². The van der Waals surface area contributed by atoms with E-state index in [1.807, 2.05) is 12.1 Å². The molecule has 108 valence electrons. The summed E-state index contributed by atoms with van der Waals surface area (Å²) in [4.78, 5) is 12.1. The zero-order valence-corrected chi connectivity index (χ0v) is 11.8. The summed E-state index contributed by atoms with van der Waals surface area (Å²) in [7, 11) is 0. The van der Waals surface area contributed by atoms with Crippen LogP contribution in [-0.2, 0) is 17.8 Å². The molecule has 1 amide bonds. The van der Waals surface area contributed by atoms with Crippen LogP contribution in [0.3, 0.4) is 0 Å². The first-order valence-corrected chi connectivity index (χ1v) is 7.56. The Hall–Kier alpha value is -1.55. The second-order valence-electron chi connectivity index (χ2n) is 5.64. The molecule has 0 spiro atoms. The number of nitrogens with one attached hydrogen (secondary N) is 2. The summed E-state index contributed by atoms with van der Waals surface area (Å²) in [6, 6.07) is 6.24. The zero-order chi connectivity index (χ0) is 13.8. The van der Waals surface area contributed by atoms with Crippen LogP contribution in [0.1, 0.15) is 30.4 Å². The summed E-state index contributed by atoms with van der Waals surface area (Å²) in [5.41, 5.74) is 2.43. The number of hydrogen-bond donors (Lipinski definition) is 2. The van der Waals surface area contributed by atoms with Crippen molar-refractivity contribution in [1.82, 2.24) is 10.6 Å². The molecule has 1 aromatic rings. The van der Waals surface area contributed by atoms with Gasteiger partial charge >= 0.3 is 0 Å². The van der Waals surface area contributed by atoms with Crippen molar-refractivity contribution in [3.63, 3.8) is 0 Å². The van der Waals surface area contributed by atoms with Crippen molar-refractivity contribution < 1.29 is 9.53 Å². The Morgan fingerprint density at radius 3 is 3.05 bits per heavy atom. The number of piperidine rings is 1. The molecule has 2 aliphatic rings. The average molecular weight is 274 g/mol. The van der Waals surface area contributed by atoms with Crippen molar-refractivity contribution in [3.05, 3.63) is 29.3 Å². The van der Waals surface area contributed by atoms with Crippen LogP contribution in [0.2, 0.25) is 0 Å². The lowest BCUT2D eigenvalue weighted by atomic mass is 9.97. The van der Waals surface area contributed by atoms with Crippen molar-refractivity contribution in [2.24, 2.45) is 5.92 Å². The molecule has 0 unspecified atom stereocenters. The molecule has 4 heteroatoms. The van der Waals surface area contributed by atoms with Gasteiger partial charge < -0.3 is 15.4 Å². The smallest absolute Gasteiger partial charge is 0.223 e. The maximum Gasteiger partial charge on any atom is 0.223 e. The molecule has 0 aromatic heterocycles. The highest BCUT2D eigenvalue weighted by Crippen LogP contribution is 2.25. The highest BCUT2D eigenvalue weighted by Gasteiger charge is 2.20. The lowest BCUT2D eigenvalue weighted by Gasteiger charge is -2.22. The Labute approximate surface area is 119 Å². The fourth-order valence-electron chi connectivity index (χ4n) is 2.94. The second kappa shape index (κ2) is 6.27. The predicted octanol–water partition coefficient (Wildman–Crippen LogP) is 1.63. The van der Waals surface area contributed by atoms with Crippen molar-refractivity contribution in [1.29, 1.82) is 0 Å². The van der Waals surface area contributed by atoms with Gasteiger partial charge in [-0.25, -0.2) is 0 Å². The summed E-state index contributed by atoms with van der Waals surface area (Å²) >= 11 is 0. The number of benzene rings is 1. The summed E-state index contributed by atoms with van der Waals surface area (Å²) in [5.74, 6) is 1.38. The quantitative estimate of drug-likeness (QED) is 0.881. The van der Waals surface area contributed by atoms with Crippen LogP contribution in [0, 0.1) is 5.92 Å². The van der Waals surface area contributed by atoms with Gasteiger partial charge in [0.2, 0.25) is 5.91 Å². The number of amides is 1. The lowest BCUT2D eigenvalue weighted by molar-refractivity contribution is -0.125. The minimum atomic E-state index is 0.178. The van der Waals surface area contributed by atoms with E-state index >= 15 is 0 Å². The first-order valence-electron chi connectivity index (χ1n) is 7.56. The van der Waals surface area contributed by atoms with Crippen molar-refractivity contribution in [2.75, 3.05) is 19.7 Å². The number of aryl methyl sites for hydroxylation is 1. The summed E-state index contributed by atoms with van der Waals surface area (Å²) in [5, 5.41) is 6.35. The molecular weight excluding hydrogens is 252 g/mol. The van der Waals surface area contributed by atoms with Crippen molar-refractivity contribution in [2.45, 2.75) is 32.2 Å². The third-order valence-electron chi connectivity index (χ3n) is 4.15. The molecule has 0 aliphatic carbocycles. The van der Waals surface area contributed by atoms with E-state index in [1.54, 1.807) is 0 Å². The standard InChI is InChI=1S/C16H22N2O2/c19-16(13-5-7-17-8-6-13)18-11-12-3-4-15-14(10-12)2-1-9-20-15/h3-4,10,13,17H,1-2,5-9,11H2,(H,18,19). The van der Waals surface area contributed by atoms with Gasteiger partial charge in [0.1, 0.15) is 5.75 Å². The van der Waals surface area contributed by atoms with Gasteiger partial charge in [0.05, 0.1) is 6.61 Å². The van der Waals surface area contributed by atoms with Gasteiger partial charge in [-0.3, -0.25) is 4.79 Å². The number of ether oxygens (including phenoxy) is 1. The molecule has 2 aliphatic heterocycles. The average Bonchev–Trinajstić information content (AvgIpc) is 2.53. The highest BCUT2D eigenvalue weighted by atomic mass is 16.5. The van der Waals surface area contributed by atoms with E-state index in [0.29, 0.717) is 6.54 Å². The van der Waals surface area contributed by atoms with Crippen LogP contribution in [0.15, 0.2) is 18.2 Å². The van der Waals surface area contributed by atoms with Gasteiger partial charge in [-0.15, -0.1) is 0 Å². The van der Waals surface area contributed by atoms with Crippen LogP contribution < -0.4 is 15.4 Å². The molecule has 0 atom stereocenters. The number of fused-ring (bicyclic) bond motifs is 1. The molecular formula is C16H22N2O2. The van der Waals surface area contributed by atoms with E-state index in [9.17, 15) is 4.79 Å². The van der Waals surface area contributed by atoms with Crippen LogP contribution in [-0.4, -0.2) is 25.6 Å². The minimum Gasteiger partial charge on any atom is -0.493 e. The molecule has 20 heavy (non-hydrogen) atoms. The molecule has 1 saturated heterocycles. The first-order chi connectivity index (χ1) is 9.83. The molecule has 1 fully saturated rings. The number of rotatable bonds is 3. The zero-order valence-electron chi connectivity index (χ0n) is 11.8. The van der Waals surface area contributed by atoms with Crippen LogP contribution in [0.5, 0.6) is 5.75 Å². The molecule has 4 nitrogen and oxygen atoms in total. The van der Waals surface area contributed by atoms with Crippen LogP contribution in [0.4, 0.5) is 0 Å². The fourth-order valence-corrected chi connectivity index (χ4v) is 2.94. The Balaban J connectivity index is 1.56. The molecule has 3 rings (SSSR count). The summed E-state index contributed by atoms with van der Waals surface area (Å²) in [6.07, 6.45) is 4.05. The Morgan fingerprint density at radius 1 is 1.35 bits per heavy atom. The van der Waals surface area contributed by atoms with Gasteiger partial charge in [0.15, 0.2) is 0 Å². The van der Waals surface area contributed by atoms with E-state index in [1.165, 1.54) is 5.56 Å². The first kappa shape index (κ1) is 13.4. The molecule has 0 saturated carbocycles. The van der Waals surface area contributed by atoms with Crippen molar-refractivity contribution in [3.8, 4) is 5.75 Å². The number of hydrogen-bond acceptors (Lipinski definition) is 3. The maximum atomic E-state index is 12.1. The van der Waals surface area contributed by atoms with E-state index in [0.717, 1.165) is 56.7 Å². The molecule has 0 radical (unpaired) electrons. The molecule has 0 bridgehead atoms. The SMILES string of the molecule is O=C(NCc1ccc2c(c1)CCCO2)C1CCNCC1. The third-order valence-corrected chi connectivity index (χ3v) is 4.15. The Morgan fingerprint density at radius 2 is 2.20 bits per heavy atom. The number of carbonyl (C=O) groups excluding carboxylic acids is 1. The number of carbonyl (C=O) groups is 1. The topological polar surface area (TPSA) is 50.4 Å². The largest absolute Gasteiger partial charge is 0.493 e. The van der Waals surface area contributed by atoms with Gasteiger partial charge in [-0.2, -0.15) is 0 Å². The fraction of sp³-hybridized carbons (Fsp3) is 0.562. The van der Waals surface area contributed by atoms with Gasteiger partial charge in [-0.1, -0.05) is 12.1 Å². The lowest BCUT2D eigenvalue weighted by Crippen LogP contribution is -2.37. The van der Waals surface area contributed by atoms with Crippen LogP contribution in [0.25, 0.3) is 0 Å². The van der Waals surface area contributed by atoms with E-state index in [2.05, 4.69) is 16.7 Å². The van der Waals surface area contributed by atoms with Crippen LogP contribution >= 0.6 is 0 Å². The predicted molar refractivity (Wildman–Crippen MR) is 77.7 cm³/mol. The Kier molecular flexibility index (Phi) is 4.21. The van der Waals surface area contributed by atoms with E-state index < -0.39 is 0 Å². The molecule has 1 aromatic carbocycles. The van der Waals surface area contributed by atoms with Gasteiger partial charge in [-0.05, 0) is 56.0 Å². The third kappa shape index (κ3) is 3.12. The van der Waals surface area contributed by atoms with Gasteiger partial charge in [0, 0.05) is 12.5 Å². The highest BCUT2D eigenvalue weighted by molar-refractivity contribution is 5.78. The summed E-state index contributed by atoms with van der Waals surface area (Å²) in [6.45, 7) is 3.34. The second-order valence-corrected chi connectivity index (χ2v) is 5.64. The maximum absolute atomic E-state index is 12.1. The van der Waals surface area contributed by atoms with E-state index in [-0.39, 0.29) is 11.8 Å². The van der Waals surface area contributed by atoms with Crippen molar-refractivity contribution >= 4 is 5.91 Å². The Bertz CT molecular complexity index is 481.